The van der Waals surface area contributed by atoms with E-state index in [-0.39, 0.29) is 35.4 Å². The highest BCUT2D eigenvalue weighted by Gasteiger charge is 2.14. The molecule has 0 aliphatic rings. The lowest BCUT2D eigenvalue weighted by Crippen LogP contribution is -2.38. The van der Waals surface area contributed by atoms with E-state index in [1.807, 2.05) is 6.07 Å². The standard InChI is InChI=1S/C19H28N4O3S2.HI/c1-15(17-7-10-27-14-17)12-21-19(20-2)22-13-16-5-4-6-18(11-16)28(24,25)23-8-9-26-3;/h4-7,10-11,14-15,23H,8-9,12-13H2,1-3H3,(H2,20,21,22);1H. The number of guanidine groups is 1. The summed E-state index contributed by atoms with van der Waals surface area (Å²) in [7, 11) is -0.305. The van der Waals surface area contributed by atoms with E-state index >= 15 is 0 Å². The molecule has 1 heterocycles. The lowest BCUT2D eigenvalue weighted by atomic mass is 10.1. The van der Waals surface area contributed by atoms with Crippen LogP contribution in [0.1, 0.15) is 24.0 Å². The Labute approximate surface area is 194 Å². The molecule has 1 aromatic carbocycles. The van der Waals surface area contributed by atoms with E-state index < -0.39 is 10.0 Å². The van der Waals surface area contributed by atoms with Crippen molar-refractivity contribution in [3.63, 3.8) is 0 Å². The summed E-state index contributed by atoms with van der Waals surface area (Å²) in [5, 5.41) is 10.8. The molecule has 1 atom stereocenters. The number of methoxy groups -OCH3 is 1. The van der Waals surface area contributed by atoms with Crippen LogP contribution in [0.25, 0.3) is 0 Å². The van der Waals surface area contributed by atoms with Crippen LogP contribution >= 0.6 is 35.3 Å². The maximum atomic E-state index is 12.3. The van der Waals surface area contributed by atoms with Gasteiger partial charge in [0.2, 0.25) is 10.0 Å². The molecule has 29 heavy (non-hydrogen) atoms. The summed E-state index contributed by atoms with van der Waals surface area (Å²) in [6.07, 6.45) is 0. The van der Waals surface area contributed by atoms with E-state index in [2.05, 4.69) is 44.1 Å². The molecule has 162 valence electrons. The highest BCUT2D eigenvalue weighted by molar-refractivity contribution is 14.0. The van der Waals surface area contributed by atoms with Crippen LogP contribution < -0.4 is 15.4 Å². The number of ether oxygens (including phenoxy) is 1. The van der Waals surface area contributed by atoms with Gasteiger partial charge in [0.1, 0.15) is 0 Å². The van der Waals surface area contributed by atoms with Gasteiger partial charge in [-0.25, -0.2) is 13.1 Å². The number of aliphatic imine (C=N–C) groups is 1. The van der Waals surface area contributed by atoms with Crippen LogP contribution in [0.15, 0.2) is 51.0 Å². The van der Waals surface area contributed by atoms with Crippen LogP contribution in [0, 0.1) is 0 Å². The Hall–Kier alpha value is -1.21. The fraction of sp³-hybridized carbons (Fsp3) is 0.421. The average molecular weight is 553 g/mol. The molecule has 7 nitrogen and oxygen atoms in total. The van der Waals surface area contributed by atoms with Crippen molar-refractivity contribution in [1.82, 2.24) is 15.4 Å². The minimum Gasteiger partial charge on any atom is -0.383 e. The maximum Gasteiger partial charge on any atom is 0.240 e. The highest BCUT2D eigenvalue weighted by atomic mass is 127. The molecular formula is C19H29IN4O3S2. The smallest absolute Gasteiger partial charge is 0.240 e. The second-order valence-corrected chi connectivity index (χ2v) is 8.85. The molecule has 0 aliphatic heterocycles. The van der Waals surface area contributed by atoms with Gasteiger partial charge in [-0.05, 0) is 46.0 Å². The second-order valence-electron chi connectivity index (χ2n) is 6.30. The molecule has 0 radical (unpaired) electrons. The molecule has 1 aromatic heterocycles. The average Bonchev–Trinajstić information content (AvgIpc) is 3.23. The molecule has 0 saturated carbocycles. The number of rotatable bonds is 10. The van der Waals surface area contributed by atoms with Gasteiger partial charge in [0, 0.05) is 33.8 Å². The summed E-state index contributed by atoms with van der Waals surface area (Å²) in [6, 6.07) is 8.97. The van der Waals surface area contributed by atoms with Gasteiger partial charge in [0.05, 0.1) is 11.5 Å². The maximum absolute atomic E-state index is 12.3. The Morgan fingerprint density at radius 2 is 2.07 bits per heavy atom. The molecule has 0 saturated heterocycles. The quantitative estimate of drug-likeness (QED) is 0.183. The largest absolute Gasteiger partial charge is 0.383 e. The Balaban J connectivity index is 0.00000420. The van der Waals surface area contributed by atoms with Gasteiger partial charge in [-0.3, -0.25) is 4.99 Å². The van der Waals surface area contributed by atoms with E-state index in [1.54, 1.807) is 36.6 Å². The molecule has 3 N–H and O–H groups in total. The second kappa shape index (κ2) is 13.2. The minimum absolute atomic E-state index is 0. The summed E-state index contributed by atoms with van der Waals surface area (Å²) in [5.41, 5.74) is 2.15. The molecular weight excluding hydrogens is 523 g/mol. The third-order valence-electron chi connectivity index (χ3n) is 4.18. The van der Waals surface area contributed by atoms with Gasteiger partial charge in [0.25, 0.3) is 0 Å². The Morgan fingerprint density at radius 3 is 2.72 bits per heavy atom. The number of sulfonamides is 1. The predicted octanol–water partition coefficient (Wildman–Crippen LogP) is 2.76. The summed E-state index contributed by atoms with van der Waals surface area (Å²) < 4.78 is 32.0. The first-order chi connectivity index (χ1) is 13.5. The molecule has 2 rings (SSSR count). The molecule has 0 amide bonds. The van der Waals surface area contributed by atoms with Crippen LogP contribution in [-0.2, 0) is 21.3 Å². The van der Waals surface area contributed by atoms with Gasteiger partial charge in [-0.15, -0.1) is 24.0 Å². The zero-order chi connectivity index (χ0) is 20.4. The van der Waals surface area contributed by atoms with E-state index in [9.17, 15) is 8.42 Å². The summed E-state index contributed by atoms with van der Waals surface area (Å²) in [4.78, 5) is 4.46. The van der Waals surface area contributed by atoms with Gasteiger partial charge < -0.3 is 15.4 Å². The SMILES string of the molecule is CN=C(NCc1cccc(S(=O)(=O)NCCOC)c1)NCC(C)c1ccsc1.I. The predicted molar refractivity (Wildman–Crippen MR) is 130 cm³/mol. The van der Waals surface area contributed by atoms with Crippen molar-refractivity contribution in [2.24, 2.45) is 4.99 Å². The fourth-order valence-corrected chi connectivity index (χ4v) is 4.38. The zero-order valence-corrected chi connectivity index (χ0v) is 20.8. The molecule has 0 fully saturated rings. The van der Waals surface area contributed by atoms with Crippen molar-refractivity contribution in [3.05, 3.63) is 52.2 Å². The van der Waals surface area contributed by atoms with E-state index in [0.29, 0.717) is 25.0 Å². The number of nitrogens with zero attached hydrogens (tertiary/aromatic N) is 1. The number of hydrogen-bond acceptors (Lipinski definition) is 5. The van der Waals surface area contributed by atoms with Crippen LogP contribution in [0.2, 0.25) is 0 Å². The van der Waals surface area contributed by atoms with Crippen molar-refractivity contribution < 1.29 is 13.2 Å². The Kier molecular flexibility index (Phi) is 11.7. The van der Waals surface area contributed by atoms with E-state index in [4.69, 9.17) is 4.74 Å². The van der Waals surface area contributed by atoms with E-state index in [1.165, 1.54) is 12.7 Å². The zero-order valence-electron chi connectivity index (χ0n) is 16.8. The lowest BCUT2D eigenvalue weighted by Gasteiger charge is -2.16. The molecule has 0 spiro atoms. The summed E-state index contributed by atoms with van der Waals surface area (Å²) in [5.74, 6) is 1.05. The van der Waals surface area contributed by atoms with Crippen LogP contribution in [0.3, 0.4) is 0 Å². The van der Waals surface area contributed by atoms with Crippen molar-refractivity contribution >= 4 is 51.3 Å². The Bertz CT molecular complexity index is 858. The van der Waals surface area contributed by atoms with Crippen LogP contribution in [0.5, 0.6) is 0 Å². The van der Waals surface area contributed by atoms with Crippen LogP contribution in [0.4, 0.5) is 0 Å². The number of halogens is 1. The number of nitrogens with one attached hydrogen (secondary N) is 3. The number of thiophene rings is 1. The minimum atomic E-state index is -3.55. The molecule has 2 aromatic rings. The Morgan fingerprint density at radius 1 is 1.28 bits per heavy atom. The third-order valence-corrected chi connectivity index (χ3v) is 6.34. The van der Waals surface area contributed by atoms with Crippen molar-refractivity contribution in [3.8, 4) is 0 Å². The highest BCUT2D eigenvalue weighted by Crippen LogP contribution is 2.17. The number of benzene rings is 1. The normalized spacial score (nSPS) is 12.9. The first kappa shape index (κ1) is 25.8. The van der Waals surface area contributed by atoms with Gasteiger partial charge in [0.15, 0.2) is 5.96 Å². The van der Waals surface area contributed by atoms with Gasteiger partial charge in [-0.1, -0.05) is 19.1 Å². The van der Waals surface area contributed by atoms with Crippen LogP contribution in [-0.4, -0.2) is 48.2 Å². The molecule has 0 aliphatic carbocycles. The lowest BCUT2D eigenvalue weighted by molar-refractivity contribution is 0.204. The van der Waals surface area contributed by atoms with Crippen molar-refractivity contribution in [2.45, 2.75) is 24.3 Å². The fourth-order valence-electron chi connectivity index (χ4n) is 2.51. The first-order valence-electron chi connectivity index (χ1n) is 9.00. The summed E-state index contributed by atoms with van der Waals surface area (Å²) >= 11 is 1.69. The number of hydrogen-bond donors (Lipinski definition) is 3. The first-order valence-corrected chi connectivity index (χ1v) is 11.4. The molecule has 10 heteroatoms. The summed E-state index contributed by atoms with van der Waals surface area (Å²) in [6.45, 7) is 3.95. The molecule has 0 bridgehead atoms. The van der Waals surface area contributed by atoms with E-state index in [0.717, 1.165) is 12.1 Å². The van der Waals surface area contributed by atoms with Crippen molar-refractivity contribution in [2.75, 3.05) is 33.9 Å². The topological polar surface area (TPSA) is 91.8 Å². The third kappa shape index (κ3) is 8.59. The molecule has 1 unspecified atom stereocenters. The van der Waals surface area contributed by atoms with Gasteiger partial charge >= 0.3 is 0 Å². The van der Waals surface area contributed by atoms with Crippen molar-refractivity contribution in [1.29, 1.82) is 0 Å². The monoisotopic (exact) mass is 552 g/mol. The van der Waals surface area contributed by atoms with Gasteiger partial charge in [-0.2, -0.15) is 11.3 Å².